The van der Waals surface area contributed by atoms with Gasteiger partial charge in [-0.1, -0.05) is 18.2 Å². The predicted molar refractivity (Wildman–Crippen MR) is 110 cm³/mol. The molecule has 0 radical (unpaired) electrons. The molecule has 0 saturated carbocycles. The van der Waals surface area contributed by atoms with E-state index < -0.39 is 5.60 Å². The summed E-state index contributed by atoms with van der Waals surface area (Å²) in [5.41, 5.74) is 0.598. The smallest absolute Gasteiger partial charge is 0.260 e. The summed E-state index contributed by atoms with van der Waals surface area (Å²) in [4.78, 5) is 17.5. The van der Waals surface area contributed by atoms with Crippen LogP contribution in [0.25, 0.3) is 0 Å². The molecule has 2 aliphatic rings. The zero-order valence-electron chi connectivity index (χ0n) is 16.8. The van der Waals surface area contributed by atoms with E-state index in [-0.39, 0.29) is 11.7 Å². The lowest BCUT2D eigenvalue weighted by molar-refractivity contribution is -0.158. The number of ether oxygens (including phenoxy) is 2. The Morgan fingerprint density at radius 2 is 1.97 bits per heavy atom. The number of amides is 1. The van der Waals surface area contributed by atoms with Gasteiger partial charge < -0.3 is 14.4 Å². The number of morpholine rings is 1. The minimum atomic E-state index is -0.875. The van der Waals surface area contributed by atoms with Gasteiger partial charge in [0.2, 0.25) is 0 Å². The van der Waals surface area contributed by atoms with E-state index in [2.05, 4.69) is 4.90 Å². The summed E-state index contributed by atoms with van der Waals surface area (Å²) in [5, 5.41) is 0. The summed E-state index contributed by atoms with van der Waals surface area (Å²) in [6.07, 6.45) is 2.55. The number of para-hydroxylation sites is 1. The standard InChI is InChI=1S/C23H27FN2O3/c1-28-20-9-10-21(24)18(15-20)16-25-13-14-29-23(17-25)11-5-6-12-26(22(23)27)19-7-3-2-4-8-19/h2-4,7-10,15H,5-6,11-14,16-17H2,1H3. The van der Waals surface area contributed by atoms with Gasteiger partial charge in [-0.25, -0.2) is 4.39 Å². The highest BCUT2D eigenvalue weighted by atomic mass is 19.1. The molecule has 1 atom stereocenters. The van der Waals surface area contributed by atoms with Crippen LogP contribution in [0.2, 0.25) is 0 Å². The fourth-order valence-electron chi connectivity index (χ4n) is 4.30. The SMILES string of the molecule is COc1ccc(F)c(CN2CCOC3(CCCCN(c4ccccc4)C3=O)C2)c1. The van der Waals surface area contributed by atoms with E-state index in [9.17, 15) is 9.18 Å². The number of carbonyl (C=O) groups is 1. The van der Waals surface area contributed by atoms with E-state index in [1.54, 1.807) is 19.2 Å². The van der Waals surface area contributed by atoms with Crippen molar-refractivity contribution in [1.82, 2.24) is 4.90 Å². The third kappa shape index (κ3) is 4.14. The van der Waals surface area contributed by atoms with Gasteiger partial charge in [0.05, 0.1) is 13.7 Å². The van der Waals surface area contributed by atoms with Crippen molar-refractivity contribution < 1.29 is 18.7 Å². The van der Waals surface area contributed by atoms with Gasteiger partial charge >= 0.3 is 0 Å². The second kappa shape index (κ2) is 8.51. The molecule has 2 heterocycles. The van der Waals surface area contributed by atoms with Gasteiger partial charge in [-0.2, -0.15) is 0 Å². The van der Waals surface area contributed by atoms with Gasteiger partial charge in [0, 0.05) is 37.4 Å². The van der Waals surface area contributed by atoms with Gasteiger partial charge in [-0.3, -0.25) is 9.69 Å². The first-order valence-corrected chi connectivity index (χ1v) is 10.2. The van der Waals surface area contributed by atoms with E-state index >= 15 is 0 Å². The van der Waals surface area contributed by atoms with Crippen molar-refractivity contribution >= 4 is 11.6 Å². The Labute approximate surface area is 171 Å². The molecule has 6 heteroatoms. The van der Waals surface area contributed by atoms with Gasteiger partial charge in [0.25, 0.3) is 5.91 Å². The summed E-state index contributed by atoms with van der Waals surface area (Å²) in [5.74, 6) is 0.381. The summed E-state index contributed by atoms with van der Waals surface area (Å²) >= 11 is 0. The molecule has 29 heavy (non-hydrogen) atoms. The number of rotatable bonds is 4. The van der Waals surface area contributed by atoms with Crippen LogP contribution in [0.3, 0.4) is 0 Å². The third-order valence-electron chi connectivity index (χ3n) is 5.83. The second-order valence-corrected chi connectivity index (χ2v) is 7.76. The van der Waals surface area contributed by atoms with Crippen molar-refractivity contribution in [2.75, 3.05) is 38.3 Å². The highest BCUT2D eigenvalue weighted by Gasteiger charge is 2.47. The molecule has 2 aromatic carbocycles. The van der Waals surface area contributed by atoms with Crippen molar-refractivity contribution in [1.29, 1.82) is 0 Å². The molecule has 2 fully saturated rings. The molecule has 1 spiro atoms. The Kier molecular flexibility index (Phi) is 5.83. The zero-order chi connectivity index (χ0) is 20.3. The molecule has 4 rings (SSSR count). The monoisotopic (exact) mass is 398 g/mol. The summed E-state index contributed by atoms with van der Waals surface area (Å²) < 4.78 is 25.7. The van der Waals surface area contributed by atoms with E-state index in [0.29, 0.717) is 50.5 Å². The molecule has 5 nitrogen and oxygen atoms in total. The molecule has 154 valence electrons. The van der Waals surface area contributed by atoms with Crippen LogP contribution in [0.4, 0.5) is 10.1 Å². The molecule has 0 bridgehead atoms. The van der Waals surface area contributed by atoms with Crippen molar-refractivity contribution in [3.05, 3.63) is 59.9 Å². The van der Waals surface area contributed by atoms with Gasteiger partial charge in [0.15, 0.2) is 5.60 Å². The number of hydrogen-bond acceptors (Lipinski definition) is 4. The zero-order valence-corrected chi connectivity index (χ0v) is 16.8. The third-order valence-corrected chi connectivity index (χ3v) is 5.83. The first-order valence-electron chi connectivity index (χ1n) is 10.2. The average molecular weight is 398 g/mol. The molecule has 2 aliphatic heterocycles. The number of nitrogens with zero attached hydrogens (tertiary/aromatic N) is 2. The van der Waals surface area contributed by atoms with Gasteiger partial charge in [-0.15, -0.1) is 0 Å². The predicted octanol–water partition coefficient (Wildman–Crippen LogP) is 3.62. The number of hydrogen-bond donors (Lipinski definition) is 0. The first-order chi connectivity index (χ1) is 14.1. The Morgan fingerprint density at radius 1 is 1.14 bits per heavy atom. The number of anilines is 1. The molecule has 0 aliphatic carbocycles. The van der Waals surface area contributed by atoms with Crippen LogP contribution in [0.15, 0.2) is 48.5 Å². The quantitative estimate of drug-likeness (QED) is 0.789. The topological polar surface area (TPSA) is 42.0 Å². The fourth-order valence-corrected chi connectivity index (χ4v) is 4.30. The van der Waals surface area contributed by atoms with E-state index in [0.717, 1.165) is 18.5 Å². The van der Waals surface area contributed by atoms with Crippen LogP contribution in [-0.4, -0.2) is 49.8 Å². The minimum Gasteiger partial charge on any atom is -0.497 e. The summed E-state index contributed by atoms with van der Waals surface area (Å²) in [7, 11) is 1.57. The lowest BCUT2D eigenvalue weighted by atomic mass is 9.93. The van der Waals surface area contributed by atoms with Crippen LogP contribution < -0.4 is 9.64 Å². The van der Waals surface area contributed by atoms with Crippen molar-refractivity contribution in [3.8, 4) is 5.75 Å². The van der Waals surface area contributed by atoms with E-state index in [1.165, 1.54) is 6.07 Å². The van der Waals surface area contributed by atoms with Crippen LogP contribution >= 0.6 is 0 Å². The fraction of sp³-hybridized carbons (Fsp3) is 0.435. The molecular formula is C23H27FN2O3. The summed E-state index contributed by atoms with van der Waals surface area (Å²) in [6, 6.07) is 14.5. The maximum atomic E-state index is 14.3. The lowest BCUT2D eigenvalue weighted by Crippen LogP contribution is -2.59. The van der Waals surface area contributed by atoms with Crippen molar-refractivity contribution in [2.24, 2.45) is 0 Å². The second-order valence-electron chi connectivity index (χ2n) is 7.76. The Bertz CT molecular complexity index is 860. The molecule has 0 aromatic heterocycles. The molecule has 1 amide bonds. The maximum Gasteiger partial charge on any atom is 0.260 e. The van der Waals surface area contributed by atoms with Crippen LogP contribution in [0, 0.1) is 5.82 Å². The largest absolute Gasteiger partial charge is 0.497 e. The highest BCUT2D eigenvalue weighted by Crippen LogP contribution is 2.33. The van der Waals surface area contributed by atoms with Crippen LogP contribution in [0.5, 0.6) is 5.75 Å². The van der Waals surface area contributed by atoms with Crippen molar-refractivity contribution in [2.45, 2.75) is 31.4 Å². The van der Waals surface area contributed by atoms with Gasteiger partial charge in [-0.05, 0) is 49.6 Å². The molecule has 0 N–H and O–H groups in total. The number of halogens is 1. The average Bonchev–Trinajstić information content (AvgIpc) is 2.90. The first kappa shape index (κ1) is 19.9. The van der Waals surface area contributed by atoms with Gasteiger partial charge in [0.1, 0.15) is 11.6 Å². The Hall–Kier alpha value is -2.44. The van der Waals surface area contributed by atoms with Crippen LogP contribution in [-0.2, 0) is 16.1 Å². The Balaban J connectivity index is 1.56. The Morgan fingerprint density at radius 3 is 2.76 bits per heavy atom. The van der Waals surface area contributed by atoms with E-state index in [1.807, 2.05) is 35.2 Å². The molecule has 1 unspecified atom stereocenters. The number of carbonyl (C=O) groups excluding carboxylic acids is 1. The number of benzene rings is 2. The highest BCUT2D eigenvalue weighted by molar-refractivity contribution is 6.00. The van der Waals surface area contributed by atoms with E-state index in [4.69, 9.17) is 9.47 Å². The van der Waals surface area contributed by atoms with Crippen LogP contribution in [0.1, 0.15) is 24.8 Å². The molecular weight excluding hydrogens is 371 g/mol. The van der Waals surface area contributed by atoms with Crippen molar-refractivity contribution in [3.63, 3.8) is 0 Å². The maximum absolute atomic E-state index is 14.3. The molecule has 2 saturated heterocycles. The lowest BCUT2D eigenvalue weighted by Gasteiger charge is -2.42. The number of methoxy groups -OCH3 is 1. The normalized spacial score (nSPS) is 23.2. The minimum absolute atomic E-state index is 0.0111. The summed E-state index contributed by atoms with van der Waals surface area (Å²) in [6.45, 7) is 2.70. The molecule has 2 aromatic rings.